The van der Waals surface area contributed by atoms with Gasteiger partial charge in [0.2, 0.25) is 0 Å². The van der Waals surface area contributed by atoms with Crippen molar-refractivity contribution in [3.05, 3.63) is 54.4 Å². The molecule has 17 heavy (non-hydrogen) atoms. The Morgan fingerprint density at radius 2 is 2.24 bits per heavy atom. The van der Waals surface area contributed by atoms with E-state index in [0.717, 1.165) is 27.6 Å². The van der Waals surface area contributed by atoms with Crippen molar-refractivity contribution in [2.24, 2.45) is 0 Å². The lowest BCUT2D eigenvalue weighted by Gasteiger charge is -1.96. The molecule has 0 saturated heterocycles. The number of pyridine rings is 1. The van der Waals surface area contributed by atoms with Crippen molar-refractivity contribution in [1.29, 1.82) is 0 Å². The van der Waals surface area contributed by atoms with Gasteiger partial charge < -0.3 is 4.98 Å². The first-order valence-corrected chi connectivity index (χ1v) is 6.29. The molecule has 0 amide bonds. The molecule has 0 unspecified atom stereocenters. The van der Waals surface area contributed by atoms with Crippen LogP contribution in [0.4, 0.5) is 0 Å². The van der Waals surface area contributed by atoms with Crippen molar-refractivity contribution in [1.82, 2.24) is 15.0 Å². The largest absolute Gasteiger partial charge is 0.333 e. The summed E-state index contributed by atoms with van der Waals surface area (Å²) in [5.41, 5.74) is 2.97. The topological polar surface area (TPSA) is 41.6 Å². The van der Waals surface area contributed by atoms with Gasteiger partial charge in [-0.15, -0.1) is 0 Å². The summed E-state index contributed by atoms with van der Waals surface area (Å²) in [6, 6.07) is 14.9. The predicted molar refractivity (Wildman–Crippen MR) is 68.7 cm³/mol. The van der Waals surface area contributed by atoms with E-state index in [1.165, 1.54) is 0 Å². The highest BCUT2D eigenvalue weighted by Gasteiger charge is 2.03. The highest BCUT2D eigenvalue weighted by molar-refractivity contribution is 7.98. The monoisotopic (exact) mass is 240 g/mol. The average Bonchev–Trinajstić information content (AvgIpc) is 2.80. The molecule has 0 aliphatic carbocycles. The van der Waals surface area contributed by atoms with Crippen LogP contribution in [-0.4, -0.2) is 15.0 Å². The predicted octanol–water partition coefficient (Wildman–Crippen LogP) is 3.05. The van der Waals surface area contributed by atoms with E-state index >= 15 is 0 Å². The first-order valence-electron chi connectivity index (χ1n) is 5.31. The molecule has 1 radical (unpaired) electrons. The Morgan fingerprint density at radius 3 is 3.06 bits per heavy atom. The highest BCUT2D eigenvalue weighted by atomic mass is 32.2. The van der Waals surface area contributed by atoms with Gasteiger partial charge in [-0.3, -0.25) is 4.98 Å². The van der Waals surface area contributed by atoms with Gasteiger partial charge in [0.25, 0.3) is 0 Å². The van der Waals surface area contributed by atoms with Crippen molar-refractivity contribution < 1.29 is 0 Å². The molecule has 0 spiro atoms. The van der Waals surface area contributed by atoms with Gasteiger partial charge in [-0.1, -0.05) is 30.0 Å². The molecule has 0 fully saturated rings. The number of hydrogen-bond acceptors (Lipinski definition) is 3. The van der Waals surface area contributed by atoms with E-state index < -0.39 is 0 Å². The molecule has 3 rings (SSSR count). The third kappa shape index (κ3) is 2.31. The van der Waals surface area contributed by atoms with Crippen molar-refractivity contribution in [3.8, 4) is 0 Å². The highest BCUT2D eigenvalue weighted by Crippen LogP contribution is 2.21. The van der Waals surface area contributed by atoms with Crippen LogP contribution in [0.15, 0.2) is 47.8 Å². The summed E-state index contributed by atoms with van der Waals surface area (Å²) < 4.78 is 0. The zero-order valence-corrected chi connectivity index (χ0v) is 9.87. The summed E-state index contributed by atoms with van der Waals surface area (Å²) in [6.07, 6.45) is 1.81. The number of aromatic nitrogens is 3. The molecule has 0 bridgehead atoms. The normalized spacial score (nSPS) is 10.8. The lowest BCUT2D eigenvalue weighted by atomic mass is 10.3. The summed E-state index contributed by atoms with van der Waals surface area (Å²) in [4.78, 5) is 12.0. The van der Waals surface area contributed by atoms with Crippen LogP contribution < -0.4 is 0 Å². The summed E-state index contributed by atoms with van der Waals surface area (Å²) >= 11 is 1.65. The maximum atomic E-state index is 4.45. The molecule has 0 saturated carbocycles. The fourth-order valence-corrected chi connectivity index (χ4v) is 2.35. The quantitative estimate of drug-likeness (QED) is 0.715. The van der Waals surface area contributed by atoms with Gasteiger partial charge in [-0.2, -0.15) is 0 Å². The lowest BCUT2D eigenvalue weighted by molar-refractivity contribution is 1.07. The second kappa shape index (κ2) is 4.59. The number of fused-ring (bicyclic) bond motifs is 1. The minimum atomic E-state index is 0.820. The number of imidazole rings is 1. The first kappa shape index (κ1) is 10.4. The molecule has 2 heterocycles. The summed E-state index contributed by atoms with van der Waals surface area (Å²) in [7, 11) is 0. The molecular formula is C13H10N3S. The number of benzene rings is 1. The van der Waals surface area contributed by atoms with Gasteiger partial charge in [-0.25, -0.2) is 4.98 Å². The number of nitrogens with one attached hydrogen (secondary N) is 1. The van der Waals surface area contributed by atoms with Crippen LogP contribution in [0.1, 0.15) is 5.69 Å². The molecule has 3 nitrogen and oxygen atoms in total. The van der Waals surface area contributed by atoms with E-state index in [4.69, 9.17) is 0 Å². The number of hydrogen-bond donors (Lipinski definition) is 1. The zero-order chi connectivity index (χ0) is 11.5. The zero-order valence-electron chi connectivity index (χ0n) is 9.05. The van der Waals surface area contributed by atoms with Crippen LogP contribution in [0.2, 0.25) is 0 Å². The van der Waals surface area contributed by atoms with Crippen LogP contribution in [0.3, 0.4) is 0 Å². The number of rotatable bonds is 3. The van der Waals surface area contributed by atoms with Gasteiger partial charge in [0.1, 0.15) is 0 Å². The van der Waals surface area contributed by atoms with Gasteiger partial charge in [-0.05, 0) is 18.2 Å². The van der Waals surface area contributed by atoms with E-state index in [2.05, 4.69) is 21.0 Å². The Morgan fingerprint density at radius 1 is 1.24 bits per heavy atom. The molecule has 83 valence electrons. The van der Waals surface area contributed by atoms with E-state index in [0.29, 0.717) is 0 Å². The van der Waals surface area contributed by atoms with E-state index in [9.17, 15) is 0 Å². The molecule has 1 aromatic carbocycles. The number of thioether (sulfide) groups is 1. The second-order valence-corrected chi connectivity index (χ2v) is 4.55. The number of aromatic amines is 1. The van der Waals surface area contributed by atoms with E-state index in [-0.39, 0.29) is 0 Å². The minimum Gasteiger partial charge on any atom is -0.333 e. The van der Waals surface area contributed by atoms with Gasteiger partial charge in [0, 0.05) is 18.0 Å². The fraction of sp³-hybridized carbons (Fsp3) is 0.0769. The average molecular weight is 240 g/mol. The van der Waals surface area contributed by atoms with Crippen LogP contribution in [0, 0.1) is 6.07 Å². The maximum absolute atomic E-state index is 4.45. The third-order valence-electron chi connectivity index (χ3n) is 2.37. The molecule has 4 heteroatoms. The number of nitrogens with zero attached hydrogens (tertiary/aromatic N) is 2. The second-order valence-electron chi connectivity index (χ2n) is 3.58. The summed E-state index contributed by atoms with van der Waals surface area (Å²) in [5.74, 6) is 0.820. The Labute approximate surface area is 103 Å². The van der Waals surface area contributed by atoms with Crippen molar-refractivity contribution >= 4 is 22.8 Å². The van der Waals surface area contributed by atoms with Crippen LogP contribution >= 0.6 is 11.8 Å². The molecule has 2 aromatic heterocycles. The minimum absolute atomic E-state index is 0.820. The van der Waals surface area contributed by atoms with Crippen LogP contribution in [0.5, 0.6) is 0 Å². The van der Waals surface area contributed by atoms with Crippen molar-refractivity contribution in [2.45, 2.75) is 10.9 Å². The summed E-state index contributed by atoms with van der Waals surface area (Å²) in [6.45, 7) is 0. The fourth-order valence-electron chi connectivity index (χ4n) is 1.56. The van der Waals surface area contributed by atoms with Gasteiger partial charge in [0.15, 0.2) is 5.16 Å². The Kier molecular flexibility index (Phi) is 2.80. The van der Waals surface area contributed by atoms with E-state index in [1.807, 2.05) is 42.6 Å². The van der Waals surface area contributed by atoms with Crippen LogP contribution in [-0.2, 0) is 5.75 Å². The van der Waals surface area contributed by atoms with Crippen molar-refractivity contribution in [2.75, 3.05) is 0 Å². The molecular weight excluding hydrogens is 230 g/mol. The Balaban J connectivity index is 1.77. The first-order chi connectivity index (χ1) is 8.42. The van der Waals surface area contributed by atoms with Crippen molar-refractivity contribution in [3.63, 3.8) is 0 Å². The number of para-hydroxylation sites is 1. The molecule has 0 atom stereocenters. The maximum Gasteiger partial charge on any atom is 0.166 e. The Bertz CT molecular complexity index is 586. The lowest BCUT2D eigenvalue weighted by Crippen LogP contribution is -1.85. The van der Waals surface area contributed by atoms with Gasteiger partial charge in [0.05, 0.1) is 16.7 Å². The SMILES string of the molecule is [c]1cccc2[nH]c(SCc3ccccn3)nc12. The smallest absolute Gasteiger partial charge is 0.166 e. The third-order valence-corrected chi connectivity index (χ3v) is 3.28. The molecule has 0 aliphatic rings. The molecule has 1 N–H and O–H groups in total. The van der Waals surface area contributed by atoms with Crippen LogP contribution in [0.25, 0.3) is 11.0 Å². The van der Waals surface area contributed by atoms with Gasteiger partial charge >= 0.3 is 0 Å². The Hall–Kier alpha value is -1.81. The molecule has 3 aromatic rings. The molecule has 0 aliphatic heterocycles. The standard InChI is InChI=1S/C13H10N3S/c1-2-7-12-11(6-1)15-13(16-12)17-9-10-5-3-4-8-14-10/h1-6,8H,9H2,(H,15,16). The van der Waals surface area contributed by atoms with E-state index in [1.54, 1.807) is 11.8 Å². The number of H-pyrrole nitrogens is 1. The summed E-state index contributed by atoms with van der Waals surface area (Å²) in [5, 5.41) is 0.910.